The van der Waals surface area contributed by atoms with Gasteiger partial charge in [0, 0.05) is 25.9 Å². The van der Waals surface area contributed by atoms with Gasteiger partial charge in [0.2, 0.25) is 5.91 Å². The van der Waals surface area contributed by atoms with Crippen LogP contribution in [0, 0.1) is 0 Å². The maximum atomic E-state index is 12.9. The van der Waals surface area contributed by atoms with Gasteiger partial charge in [-0.2, -0.15) is 0 Å². The summed E-state index contributed by atoms with van der Waals surface area (Å²) in [6.45, 7) is 6.50. The molecule has 8 heteroatoms. The first-order chi connectivity index (χ1) is 16.6. The number of carboxylic acid groups (broad SMARTS) is 1. The van der Waals surface area contributed by atoms with Gasteiger partial charge in [0.05, 0.1) is 12.2 Å². The Morgan fingerprint density at radius 3 is 2.14 bits per heavy atom. The predicted molar refractivity (Wildman–Crippen MR) is 132 cm³/mol. The van der Waals surface area contributed by atoms with Gasteiger partial charge < -0.3 is 24.8 Å². The number of amides is 2. The van der Waals surface area contributed by atoms with Gasteiger partial charge in [-0.25, -0.2) is 4.79 Å². The van der Waals surface area contributed by atoms with E-state index < -0.39 is 24.0 Å². The SMILES string of the molecule is CN(CCOC(C)(C)C)C(=O)C(CCC(=O)O)NC(=O)OCC1c2ccccc2-c2ccccc21. The number of likely N-dealkylation sites (N-methyl/N-ethyl adjacent to an activating group) is 1. The van der Waals surface area contributed by atoms with E-state index in [1.165, 1.54) is 4.90 Å². The van der Waals surface area contributed by atoms with E-state index in [-0.39, 0.29) is 31.0 Å². The van der Waals surface area contributed by atoms with Crippen LogP contribution in [-0.4, -0.2) is 66.4 Å². The Labute approximate surface area is 206 Å². The van der Waals surface area contributed by atoms with Crippen LogP contribution >= 0.6 is 0 Å². The van der Waals surface area contributed by atoms with Crippen molar-refractivity contribution in [3.8, 4) is 11.1 Å². The average molecular weight is 483 g/mol. The summed E-state index contributed by atoms with van der Waals surface area (Å²) >= 11 is 0. The topological polar surface area (TPSA) is 105 Å². The molecule has 0 aliphatic heterocycles. The molecule has 2 N–H and O–H groups in total. The molecule has 0 heterocycles. The second kappa shape index (κ2) is 11.4. The van der Waals surface area contributed by atoms with Crippen molar-refractivity contribution in [1.29, 1.82) is 0 Å². The highest BCUT2D eigenvalue weighted by molar-refractivity contribution is 5.86. The minimum atomic E-state index is -1.05. The van der Waals surface area contributed by atoms with Crippen LogP contribution in [0.2, 0.25) is 0 Å². The molecule has 0 aromatic heterocycles. The zero-order valence-electron chi connectivity index (χ0n) is 20.7. The number of nitrogens with one attached hydrogen (secondary N) is 1. The van der Waals surface area contributed by atoms with E-state index in [1.807, 2.05) is 69.3 Å². The van der Waals surface area contributed by atoms with Gasteiger partial charge in [0.25, 0.3) is 0 Å². The van der Waals surface area contributed by atoms with E-state index in [9.17, 15) is 14.4 Å². The summed E-state index contributed by atoms with van der Waals surface area (Å²) in [7, 11) is 1.60. The molecular weight excluding hydrogens is 448 g/mol. The predicted octanol–water partition coefficient (Wildman–Crippen LogP) is 4.03. The quantitative estimate of drug-likeness (QED) is 0.530. The number of rotatable bonds is 10. The van der Waals surface area contributed by atoms with Crippen molar-refractivity contribution in [3.63, 3.8) is 0 Å². The van der Waals surface area contributed by atoms with Crippen LogP contribution in [0.4, 0.5) is 4.79 Å². The van der Waals surface area contributed by atoms with E-state index in [4.69, 9.17) is 14.6 Å². The summed E-state index contributed by atoms with van der Waals surface area (Å²) in [5.74, 6) is -1.55. The van der Waals surface area contributed by atoms with Gasteiger partial charge in [0.1, 0.15) is 12.6 Å². The lowest BCUT2D eigenvalue weighted by Crippen LogP contribution is -2.48. The molecule has 8 nitrogen and oxygen atoms in total. The van der Waals surface area contributed by atoms with Crippen LogP contribution in [0.15, 0.2) is 48.5 Å². The summed E-state index contributed by atoms with van der Waals surface area (Å²) in [5, 5.41) is 11.7. The molecule has 1 unspecified atom stereocenters. The van der Waals surface area contributed by atoms with Crippen molar-refractivity contribution in [2.75, 3.05) is 26.8 Å². The molecule has 2 amide bonds. The second-order valence-electron chi connectivity index (χ2n) is 9.68. The van der Waals surface area contributed by atoms with E-state index in [0.29, 0.717) is 13.2 Å². The van der Waals surface area contributed by atoms with Crippen LogP contribution in [0.1, 0.15) is 50.7 Å². The molecule has 0 spiro atoms. The van der Waals surface area contributed by atoms with E-state index in [1.54, 1.807) is 7.05 Å². The molecule has 2 aromatic carbocycles. The second-order valence-corrected chi connectivity index (χ2v) is 9.68. The fraction of sp³-hybridized carbons (Fsp3) is 0.444. The third kappa shape index (κ3) is 7.05. The van der Waals surface area contributed by atoms with Gasteiger partial charge >= 0.3 is 12.1 Å². The highest BCUT2D eigenvalue weighted by Crippen LogP contribution is 2.44. The lowest BCUT2D eigenvalue weighted by molar-refractivity contribution is -0.138. The Balaban J connectivity index is 1.62. The Kier molecular flexibility index (Phi) is 8.51. The van der Waals surface area contributed by atoms with Crippen LogP contribution in [0.5, 0.6) is 0 Å². The number of nitrogens with zero attached hydrogens (tertiary/aromatic N) is 1. The molecule has 2 aromatic rings. The minimum absolute atomic E-state index is 0.0389. The molecule has 35 heavy (non-hydrogen) atoms. The monoisotopic (exact) mass is 482 g/mol. The summed E-state index contributed by atoms with van der Waals surface area (Å²) in [6.07, 6.45) is -1.05. The fourth-order valence-corrected chi connectivity index (χ4v) is 4.17. The van der Waals surface area contributed by atoms with E-state index in [2.05, 4.69) is 5.32 Å². The smallest absolute Gasteiger partial charge is 0.407 e. The summed E-state index contributed by atoms with van der Waals surface area (Å²) < 4.78 is 11.2. The molecule has 0 bridgehead atoms. The van der Waals surface area contributed by atoms with E-state index in [0.717, 1.165) is 22.3 Å². The third-order valence-electron chi connectivity index (χ3n) is 5.92. The number of carboxylic acids is 1. The standard InChI is InChI=1S/C27H34N2O6/c1-27(2,3)35-16-15-29(4)25(32)23(13-14-24(30)31)28-26(33)34-17-22-20-11-7-5-9-18(20)19-10-6-8-12-21(19)22/h5-12,22-23H,13-17H2,1-4H3,(H,28,33)(H,30,31). The van der Waals surface area contributed by atoms with Crippen LogP contribution < -0.4 is 5.32 Å². The number of ether oxygens (including phenoxy) is 2. The number of alkyl carbamates (subject to hydrolysis) is 1. The summed E-state index contributed by atoms with van der Waals surface area (Å²) in [4.78, 5) is 38.2. The number of hydrogen-bond acceptors (Lipinski definition) is 5. The molecule has 0 radical (unpaired) electrons. The zero-order valence-corrected chi connectivity index (χ0v) is 20.7. The molecule has 3 rings (SSSR count). The van der Waals surface area contributed by atoms with Crippen molar-refractivity contribution in [2.45, 2.75) is 51.2 Å². The largest absolute Gasteiger partial charge is 0.481 e. The molecular formula is C27H34N2O6. The maximum Gasteiger partial charge on any atom is 0.407 e. The van der Waals surface area contributed by atoms with Crippen molar-refractivity contribution in [2.24, 2.45) is 0 Å². The average Bonchev–Trinajstić information content (AvgIpc) is 3.12. The zero-order chi connectivity index (χ0) is 25.6. The Bertz CT molecular complexity index is 1020. The van der Waals surface area contributed by atoms with Crippen LogP contribution in [0.25, 0.3) is 11.1 Å². The van der Waals surface area contributed by atoms with Crippen LogP contribution in [-0.2, 0) is 19.1 Å². The highest BCUT2D eigenvalue weighted by Gasteiger charge is 2.30. The Morgan fingerprint density at radius 1 is 1.03 bits per heavy atom. The molecule has 0 fully saturated rings. The van der Waals surface area contributed by atoms with Gasteiger partial charge in [-0.3, -0.25) is 9.59 Å². The number of aliphatic carboxylic acids is 1. The first-order valence-corrected chi connectivity index (χ1v) is 11.8. The highest BCUT2D eigenvalue weighted by atomic mass is 16.5. The Morgan fingerprint density at radius 2 is 1.60 bits per heavy atom. The van der Waals surface area contributed by atoms with Crippen molar-refractivity contribution in [3.05, 3.63) is 59.7 Å². The summed E-state index contributed by atoms with van der Waals surface area (Å²) in [5.41, 5.74) is 4.06. The molecule has 188 valence electrons. The fourth-order valence-electron chi connectivity index (χ4n) is 4.17. The van der Waals surface area contributed by atoms with Crippen molar-refractivity contribution < 1.29 is 29.0 Å². The first-order valence-electron chi connectivity index (χ1n) is 11.8. The third-order valence-corrected chi connectivity index (χ3v) is 5.92. The van der Waals surface area contributed by atoms with E-state index >= 15 is 0 Å². The van der Waals surface area contributed by atoms with Gasteiger partial charge in [0.15, 0.2) is 0 Å². The maximum absolute atomic E-state index is 12.9. The normalized spacial score (nSPS) is 13.5. The van der Waals surface area contributed by atoms with Crippen LogP contribution in [0.3, 0.4) is 0 Å². The minimum Gasteiger partial charge on any atom is -0.481 e. The Hall–Kier alpha value is -3.39. The number of carbonyl (C=O) groups is 3. The molecule has 1 atom stereocenters. The lowest BCUT2D eigenvalue weighted by atomic mass is 9.98. The molecule has 0 saturated carbocycles. The van der Waals surface area contributed by atoms with Crippen molar-refractivity contribution in [1.82, 2.24) is 10.2 Å². The molecule has 1 aliphatic rings. The van der Waals surface area contributed by atoms with Gasteiger partial charge in [-0.15, -0.1) is 0 Å². The summed E-state index contributed by atoms with van der Waals surface area (Å²) in [6, 6.07) is 15.0. The molecule has 0 saturated heterocycles. The molecule has 1 aliphatic carbocycles. The first kappa shape index (κ1) is 26.2. The van der Waals surface area contributed by atoms with Crippen molar-refractivity contribution >= 4 is 18.0 Å². The number of fused-ring (bicyclic) bond motifs is 3. The van der Waals surface area contributed by atoms with Gasteiger partial charge in [-0.05, 0) is 49.4 Å². The lowest BCUT2D eigenvalue weighted by Gasteiger charge is -2.26. The van der Waals surface area contributed by atoms with Gasteiger partial charge in [-0.1, -0.05) is 48.5 Å². The number of benzene rings is 2. The number of carbonyl (C=O) groups excluding carboxylic acids is 2. The number of hydrogen-bond donors (Lipinski definition) is 2.